The number of nitrogens with zero attached hydrogens (tertiary/aromatic N) is 2. The summed E-state index contributed by atoms with van der Waals surface area (Å²) in [6, 6.07) is 0.699. The molecular formula is C12H25N3. The first-order valence-electron chi connectivity index (χ1n) is 6.21. The zero-order valence-electron chi connectivity index (χ0n) is 10.4. The van der Waals surface area contributed by atoms with Crippen molar-refractivity contribution in [1.29, 1.82) is 0 Å². The fourth-order valence-corrected chi connectivity index (χ4v) is 2.46. The van der Waals surface area contributed by atoms with Crippen molar-refractivity contribution in [3.63, 3.8) is 0 Å². The predicted molar refractivity (Wildman–Crippen MR) is 64.1 cm³/mol. The highest BCUT2D eigenvalue weighted by Crippen LogP contribution is 2.46. The fourth-order valence-electron chi connectivity index (χ4n) is 2.46. The molecule has 0 bridgehead atoms. The zero-order chi connectivity index (χ0) is 10.9. The molecule has 2 aliphatic rings. The maximum atomic E-state index is 3.61. The molecule has 3 heteroatoms. The second kappa shape index (κ2) is 4.40. The van der Waals surface area contributed by atoms with Gasteiger partial charge in [-0.25, -0.2) is 0 Å². The molecule has 1 spiro atoms. The smallest absolute Gasteiger partial charge is 0.0193 e. The van der Waals surface area contributed by atoms with Crippen LogP contribution in [0.15, 0.2) is 0 Å². The van der Waals surface area contributed by atoms with Gasteiger partial charge in [-0.3, -0.25) is 4.90 Å². The molecule has 1 atom stereocenters. The lowest BCUT2D eigenvalue weighted by Gasteiger charge is -2.29. The van der Waals surface area contributed by atoms with Gasteiger partial charge < -0.3 is 10.2 Å². The van der Waals surface area contributed by atoms with Crippen molar-refractivity contribution in [2.75, 3.05) is 46.8 Å². The molecule has 1 aliphatic carbocycles. The quantitative estimate of drug-likeness (QED) is 0.738. The van der Waals surface area contributed by atoms with Gasteiger partial charge in [0, 0.05) is 38.8 Å². The molecule has 0 aromatic heterocycles. The molecule has 3 nitrogen and oxygen atoms in total. The van der Waals surface area contributed by atoms with E-state index >= 15 is 0 Å². The summed E-state index contributed by atoms with van der Waals surface area (Å²) in [6.45, 7) is 8.47. The highest BCUT2D eigenvalue weighted by Gasteiger charge is 2.45. The summed E-state index contributed by atoms with van der Waals surface area (Å²) in [6.07, 6.45) is 2.87. The summed E-state index contributed by atoms with van der Waals surface area (Å²) in [5.74, 6) is 0. The van der Waals surface area contributed by atoms with Crippen LogP contribution in [0.5, 0.6) is 0 Å². The molecule has 1 unspecified atom stereocenters. The Morgan fingerprint density at radius 3 is 2.73 bits per heavy atom. The lowest BCUT2D eigenvalue weighted by atomic mass is 10.1. The van der Waals surface area contributed by atoms with E-state index in [9.17, 15) is 0 Å². The summed E-state index contributed by atoms with van der Waals surface area (Å²) in [4.78, 5) is 4.96. The SMILES string of the molecule is CC1CNCC2(CC2)CN1CCN(C)C. The molecule has 1 heterocycles. The van der Waals surface area contributed by atoms with E-state index in [1.54, 1.807) is 0 Å². The molecule has 2 fully saturated rings. The Balaban J connectivity index is 1.88. The molecule has 0 amide bonds. The summed E-state index contributed by atoms with van der Waals surface area (Å²) < 4.78 is 0. The number of nitrogens with one attached hydrogen (secondary N) is 1. The van der Waals surface area contributed by atoms with Gasteiger partial charge in [-0.15, -0.1) is 0 Å². The predicted octanol–water partition coefficient (Wildman–Crippen LogP) is 0.622. The normalized spacial score (nSPS) is 30.8. The number of rotatable bonds is 3. The Morgan fingerprint density at radius 1 is 1.40 bits per heavy atom. The minimum Gasteiger partial charge on any atom is -0.315 e. The molecule has 88 valence electrons. The van der Waals surface area contributed by atoms with Crippen LogP contribution in [-0.2, 0) is 0 Å². The van der Waals surface area contributed by atoms with E-state index in [4.69, 9.17) is 0 Å². The lowest BCUT2D eigenvalue weighted by Crippen LogP contribution is -2.42. The highest BCUT2D eigenvalue weighted by molar-refractivity contribution is 5.00. The van der Waals surface area contributed by atoms with Crippen LogP contribution >= 0.6 is 0 Å². The Hall–Kier alpha value is -0.120. The van der Waals surface area contributed by atoms with Crippen molar-refractivity contribution in [3.8, 4) is 0 Å². The van der Waals surface area contributed by atoms with Crippen molar-refractivity contribution < 1.29 is 0 Å². The maximum Gasteiger partial charge on any atom is 0.0193 e. The Bertz CT molecular complexity index is 211. The van der Waals surface area contributed by atoms with Gasteiger partial charge in [0.1, 0.15) is 0 Å². The van der Waals surface area contributed by atoms with E-state index in [2.05, 4.69) is 36.1 Å². The van der Waals surface area contributed by atoms with Crippen molar-refractivity contribution in [1.82, 2.24) is 15.1 Å². The zero-order valence-corrected chi connectivity index (χ0v) is 10.4. The van der Waals surface area contributed by atoms with E-state index in [0.717, 1.165) is 6.54 Å². The fraction of sp³-hybridized carbons (Fsp3) is 1.00. The molecule has 0 aromatic rings. The Morgan fingerprint density at radius 2 is 2.13 bits per heavy atom. The van der Waals surface area contributed by atoms with Crippen molar-refractivity contribution in [2.45, 2.75) is 25.8 Å². The van der Waals surface area contributed by atoms with Crippen molar-refractivity contribution in [3.05, 3.63) is 0 Å². The van der Waals surface area contributed by atoms with Crippen LogP contribution in [0.2, 0.25) is 0 Å². The van der Waals surface area contributed by atoms with Gasteiger partial charge in [0.25, 0.3) is 0 Å². The number of likely N-dealkylation sites (N-methyl/N-ethyl adjacent to an activating group) is 1. The molecular weight excluding hydrogens is 186 g/mol. The third-order valence-electron chi connectivity index (χ3n) is 3.89. The molecule has 1 N–H and O–H groups in total. The number of hydrogen-bond donors (Lipinski definition) is 1. The van der Waals surface area contributed by atoms with Crippen LogP contribution in [0.1, 0.15) is 19.8 Å². The second-order valence-corrected chi connectivity index (χ2v) is 5.75. The minimum atomic E-state index is 0.650. The van der Waals surface area contributed by atoms with Gasteiger partial charge in [-0.05, 0) is 39.3 Å². The summed E-state index contributed by atoms with van der Waals surface area (Å²) in [5.41, 5.74) is 0.650. The molecule has 1 saturated carbocycles. The molecule has 2 rings (SSSR count). The highest BCUT2D eigenvalue weighted by atomic mass is 15.2. The summed E-state index contributed by atoms with van der Waals surface area (Å²) >= 11 is 0. The first-order valence-corrected chi connectivity index (χ1v) is 6.21. The van der Waals surface area contributed by atoms with Gasteiger partial charge in [-0.2, -0.15) is 0 Å². The van der Waals surface area contributed by atoms with Crippen LogP contribution in [-0.4, -0.2) is 62.7 Å². The monoisotopic (exact) mass is 211 g/mol. The average Bonchev–Trinajstić information content (AvgIpc) is 2.94. The molecule has 0 aromatic carbocycles. The first kappa shape index (κ1) is 11.4. The average molecular weight is 211 g/mol. The van der Waals surface area contributed by atoms with E-state index in [1.807, 2.05) is 0 Å². The summed E-state index contributed by atoms with van der Waals surface area (Å²) in [7, 11) is 4.32. The lowest BCUT2D eigenvalue weighted by molar-refractivity contribution is 0.175. The van der Waals surface area contributed by atoms with E-state index < -0.39 is 0 Å². The molecule has 1 saturated heterocycles. The second-order valence-electron chi connectivity index (χ2n) is 5.75. The van der Waals surface area contributed by atoms with Crippen LogP contribution in [0.25, 0.3) is 0 Å². The van der Waals surface area contributed by atoms with Crippen LogP contribution in [0, 0.1) is 5.41 Å². The third kappa shape index (κ3) is 2.92. The van der Waals surface area contributed by atoms with Crippen LogP contribution in [0.4, 0.5) is 0 Å². The van der Waals surface area contributed by atoms with E-state index in [-0.39, 0.29) is 0 Å². The van der Waals surface area contributed by atoms with E-state index in [0.29, 0.717) is 11.5 Å². The van der Waals surface area contributed by atoms with E-state index in [1.165, 1.54) is 39.0 Å². The van der Waals surface area contributed by atoms with Crippen LogP contribution < -0.4 is 5.32 Å². The van der Waals surface area contributed by atoms with Crippen molar-refractivity contribution >= 4 is 0 Å². The van der Waals surface area contributed by atoms with Crippen molar-refractivity contribution in [2.24, 2.45) is 5.41 Å². The molecule has 0 radical (unpaired) electrons. The minimum absolute atomic E-state index is 0.650. The van der Waals surface area contributed by atoms with Gasteiger partial charge >= 0.3 is 0 Å². The molecule has 15 heavy (non-hydrogen) atoms. The number of hydrogen-bond acceptors (Lipinski definition) is 3. The van der Waals surface area contributed by atoms with Gasteiger partial charge in [-0.1, -0.05) is 0 Å². The van der Waals surface area contributed by atoms with Gasteiger partial charge in [0.2, 0.25) is 0 Å². The van der Waals surface area contributed by atoms with Crippen LogP contribution in [0.3, 0.4) is 0 Å². The van der Waals surface area contributed by atoms with Gasteiger partial charge in [0.05, 0.1) is 0 Å². The molecule has 1 aliphatic heterocycles. The Kier molecular flexibility index (Phi) is 3.33. The standard InChI is InChI=1S/C12H25N3/c1-11-8-13-9-12(4-5-12)10-15(11)7-6-14(2)3/h11,13H,4-10H2,1-3H3. The summed E-state index contributed by atoms with van der Waals surface area (Å²) in [5, 5.41) is 3.61. The largest absolute Gasteiger partial charge is 0.315 e. The Labute approximate surface area is 93.8 Å². The van der Waals surface area contributed by atoms with Gasteiger partial charge in [0.15, 0.2) is 0 Å². The third-order valence-corrected chi connectivity index (χ3v) is 3.89. The topological polar surface area (TPSA) is 18.5 Å². The maximum absolute atomic E-state index is 3.61. The first-order chi connectivity index (χ1) is 7.11.